The lowest BCUT2D eigenvalue weighted by molar-refractivity contribution is -0.384. The van der Waals surface area contributed by atoms with E-state index in [2.05, 4.69) is 10.4 Å². The van der Waals surface area contributed by atoms with Crippen LogP contribution in [0.2, 0.25) is 0 Å². The van der Waals surface area contributed by atoms with Gasteiger partial charge in [0.05, 0.1) is 11.1 Å². The topological polar surface area (TPSA) is 116 Å². The van der Waals surface area contributed by atoms with Gasteiger partial charge in [0.1, 0.15) is 5.69 Å². The van der Waals surface area contributed by atoms with Crippen LogP contribution in [0.25, 0.3) is 0 Å². The number of nitrogens with two attached hydrogens (primary N) is 1. The molecule has 8 heteroatoms. The fraction of sp³-hybridized carbons (Fsp3) is 0.231. The van der Waals surface area contributed by atoms with Crippen molar-refractivity contribution in [2.24, 2.45) is 12.8 Å². The summed E-state index contributed by atoms with van der Waals surface area (Å²) in [5.74, 6) is -0.634. The zero-order chi connectivity index (χ0) is 15.6. The normalized spacial score (nSPS) is 10.4. The molecule has 2 rings (SSSR count). The van der Waals surface area contributed by atoms with Gasteiger partial charge in [-0.3, -0.25) is 19.6 Å². The molecule has 0 aliphatic carbocycles. The van der Waals surface area contributed by atoms with Crippen molar-refractivity contribution >= 4 is 17.3 Å². The molecule has 1 heterocycles. The summed E-state index contributed by atoms with van der Waals surface area (Å²) in [6.07, 6.45) is 1.69. The van der Waals surface area contributed by atoms with Gasteiger partial charge < -0.3 is 11.1 Å². The highest BCUT2D eigenvalue weighted by atomic mass is 16.6. The first-order chi connectivity index (χ1) is 9.90. The molecule has 21 heavy (non-hydrogen) atoms. The molecule has 0 spiro atoms. The van der Waals surface area contributed by atoms with Crippen LogP contribution in [0.4, 0.5) is 11.4 Å². The number of aromatic nitrogens is 2. The summed E-state index contributed by atoms with van der Waals surface area (Å²) in [5.41, 5.74) is 7.42. The van der Waals surface area contributed by atoms with E-state index in [-0.39, 0.29) is 16.9 Å². The molecule has 0 saturated carbocycles. The first-order valence-electron chi connectivity index (χ1n) is 6.19. The number of hydrogen-bond acceptors (Lipinski definition) is 5. The highest BCUT2D eigenvalue weighted by Crippen LogP contribution is 2.26. The third-order valence-corrected chi connectivity index (χ3v) is 3.28. The van der Waals surface area contributed by atoms with Gasteiger partial charge in [-0.15, -0.1) is 0 Å². The minimum Gasteiger partial charge on any atom is -0.375 e. The Hall–Kier alpha value is -2.90. The minimum atomic E-state index is -0.634. The number of carbonyl (C=O) groups is 1. The number of anilines is 1. The lowest BCUT2D eigenvalue weighted by Crippen LogP contribution is -2.12. The van der Waals surface area contributed by atoms with Crippen LogP contribution in [0.15, 0.2) is 24.4 Å². The van der Waals surface area contributed by atoms with Crippen molar-refractivity contribution in [2.45, 2.75) is 13.5 Å². The van der Waals surface area contributed by atoms with E-state index < -0.39 is 10.8 Å². The fourth-order valence-corrected chi connectivity index (χ4v) is 1.90. The van der Waals surface area contributed by atoms with Crippen LogP contribution in [-0.4, -0.2) is 20.6 Å². The summed E-state index contributed by atoms with van der Waals surface area (Å²) >= 11 is 0. The highest BCUT2D eigenvalue weighted by molar-refractivity contribution is 5.94. The third kappa shape index (κ3) is 2.99. The Kier molecular flexibility index (Phi) is 3.88. The molecule has 110 valence electrons. The molecule has 0 aliphatic rings. The summed E-state index contributed by atoms with van der Waals surface area (Å²) in [6, 6.07) is 3.98. The molecule has 0 fully saturated rings. The summed E-state index contributed by atoms with van der Waals surface area (Å²) < 4.78 is 1.71. The second kappa shape index (κ2) is 5.61. The van der Waals surface area contributed by atoms with Gasteiger partial charge in [-0.1, -0.05) is 0 Å². The molecule has 0 bridgehead atoms. The second-order valence-electron chi connectivity index (χ2n) is 4.59. The summed E-state index contributed by atoms with van der Waals surface area (Å²) in [5, 5.41) is 18.1. The standard InChI is InChI=1S/C13H15N5O3/c1-8-10(7-16-17(8)2)6-15-11-5-9(13(14)19)3-4-12(11)18(20)21/h3-5,7,15H,6H2,1-2H3,(H2,14,19). The van der Waals surface area contributed by atoms with E-state index in [9.17, 15) is 14.9 Å². The third-order valence-electron chi connectivity index (χ3n) is 3.28. The van der Waals surface area contributed by atoms with Gasteiger partial charge in [0.2, 0.25) is 5.91 Å². The Morgan fingerprint density at radius 1 is 1.52 bits per heavy atom. The predicted octanol–water partition coefficient (Wildman–Crippen LogP) is 1.35. The van der Waals surface area contributed by atoms with Gasteiger partial charge in [0.15, 0.2) is 0 Å². The van der Waals surface area contributed by atoms with Crippen LogP contribution >= 0.6 is 0 Å². The Morgan fingerprint density at radius 2 is 2.24 bits per heavy atom. The number of primary amides is 1. The Bertz CT molecular complexity index is 708. The molecule has 8 nitrogen and oxygen atoms in total. The molecule has 0 unspecified atom stereocenters. The number of nitro benzene ring substituents is 1. The maximum Gasteiger partial charge on any atom is 0.292 e. The number of nitrogens with zero attached hydrogens (tertiary/aromatic N) is 3. The van der Waals surface area contributed by atoms with E-state index in [1.54, 1.807) is 10.9 Å². The van der Waals surface area contributed by atoms with Crippen molar-refractivity contribution in [1.29, 1.82) is 0 Å². The molecule has 0 radical (unpaired) electrons. The molecule has 1 aromatic carbocycles. The number of carbonyl (C=O) groups excluding carboxylic acids is 1. The van der Waals surface area contributed by atoms with Crippen molar-refractivity contribution in [3.8, 4) is 0 Å². The van der Waals surface area contributed by atoms with Crippen LogP contribution in [0.5, 0.6) is 0 Å². The van der Waals surface area contributed by atoms with Gasteiger partial charge >= 0.3 is 0 Å². The maximum atomic E-state index is 11.2. The van der Waals surface area contributed by atoms with Gasteiger partial charge in [-0.2, -0.15) is 5.10 Å². The molecule has 3 N–H and O–H groups in total. The fourth-order valence-electron chi connectivity index (χ4n) is 1.90. The molecule has 0 atom stereocenters. The summed E-state index contributed by atoms with van der Waals surface area (Å²) in [6.45, 7) is 2.26. The molecule has 1 amide bonds. The van der Waals surface area contributed by atoms with Crippen molar-refractivity contribution in [1.82, 2.24) is 9.78 Å². The van der Waals surface area contributed by atoms with E-state index in [4.69, 9.17) is 5.73 Å². The number of amides is 1. The Morgan fingerprint density at radius 3 is 2.76 bits per heavy atom. The average molecular weight is 289 g/mol. The van der Waals surface area contributed by atoms with Crippen LogP contribution in [-0.2, 0) is 13.6 Å². The van der Waals surface area contributed by atoms with Crippen molar-refractivity contribution in [3.05, 3.63) is 51.3 Å². The minimum absolute atomic E-state index is 0.110. The Labute approximate surface area is 120 Å². The number of benzene rings is 1. The van der Waals surface area contributed by atoms with E-state index in [1.165, 1.54) is 18.2 Å². The van der Waals surface area contributed by atoms with Crippen LogP contribution in [0, 0.1) is 17.0 Å². The van der Waals surface area contributed by atoms with Crippen LogP contribution in [0.1, 0.15) is 21.6 Å². The Balaban J connectivity index is 2.28. The first-order valence-corrected chi connectivity index (χ1v) is 6.19. The van der Waals surface area contributed by atoms with Crippen LogP contribution in [0.3, 0.4) is 0 Å². The monoisotopic (exact) mass is 289 g/mol. The van der Waals surface area contributed by atoms with Crippen molar-refractivity contribution in [2.75, 3.05) is 5.32 Å². The van der Waals surface area contributed by atoms with Gasteiger partial charge in [0, 0.05) is 36.5 Å². The number of rotatable bonds is 5. The first kappa shape index (κ1) is 14.5. The summed E-state index contributed by atoms with van der Waals surface area (Å²) in [4.78, 5) is 21.7. The quantitative estimate of drug-likeness (QED) is 0.636. The average Bonchev–Trinajstić information content (AvgIpc) is 2.76. The number of aryl methyl sites for hydroxylation is 1. The zero-order valence-electron chi connectivity index (χ0n) is 11.7. The maximum absolute atomic E-state index is 11.2. The van der Waals surface area contributed by atoms with Gasteiger partial charge in [-0.25, -0.2) is 0 Å². The smallest absolute Gasteiger partial charge is 0.292 e. The van der Waals surface area contributed by atoms with Gasteiger partial charge in [0.25, 0.3) is 5.69 Å². The van der Waals surface area contributed by atoms with Crippen LogP contribution < -0.4 is 11.1 Å². The zero-order valence-corrected chi connectivity index (χ0v) is 11.7. The van der Waals surface area contributed by atoms with Gasteiger partial charge in [-0.05, 0) is 19.1 Å². The van der Waals surface area contributed by atoms with E-state index in [0.29, 0.717) is 6.54 Å². The lowest BCUT2D eigenvalue weighted by Gasteiger charge is -2.08. The second-order valence-corrected chi connectivity index (χ2v) is 4.59. The number of nitrogens with one attached hydrogen (secondary N) is 1. The molecular weight excluding hydrogens is 274 g/mol. The summed E-state index contributed by atoms with van der Waals surface area (Å²) in [7, 11) is 1.81. The highest BCUT2D eigenvalue weighted by Gasteiger charge is 2.16. The van der Waals surface area contributed by atoms with E-state index in [0.717, 1.165) is 11.3 Å². The van der Waals surface area contributed by atoms with Crippen molar-refractivity contribution < 1.29 is 9.72 Å². The molecular formula is C13H15N5O3. The SMILES string of the molecule is Cc1c(CNc2cc(C(N)=O)ccc2[N+](=O)[O-])cnn1C. The van der Waals surface area contributed by atoms with Crippen molar-refractivity contribution in [3.63, 3.8) is 0 Å². The number of nitro groups is 1. The molecule has 0 saturated heterocycles. The molecule has 0 aliphatic heterocycles. The number of hydrogen-bond donors (Lipinski definition) is 2. The van der Waals surface area contributed by atoms with E-state index >= 15 is 0 Å². The molecule has 1 aromatic heterocycles. The largest absolute Gasteiger partial charge is 0.375 e. The lowest BCUT2D eigenvalue weighted by atomic mass is 10.1. The molecule has 2 aromatic rings. The predicted molar refractivity (Wildman–Crippen MR) is 76.9 cm³/mol. The van der Waals surface area contributed by atoms with E-state index in [1.807, 2.05) is 14.0 Å².